The summed E-state index contributed by atoms with van der Waals surface area (Å²) in [6, 6.07) is 9.12. The molecule has 146 valence electrons. The summed E-state index contributed by atoms with van der Waals surface area (Å²) in [6.45, 7) is 0. The molecule has 0 heterocycles. The number of nitrogens with one attached hydrogen (secondary N) is 2. The lowest BCUT2D eigenvalue weighted by Crippen LogP contribution is -2.18. The minimum absolute atomic E-state index is 0.0951. The minimum Gasteiger partial charge on any atom is -0.478 e. The number of hydrazine groups is 1. The quantitative estimate of drug-likeness (QED) is 0.198. The van der Waals surface area contributed by atoms with Gasteiger partial charge in [0.05, 0.1) is 11.3 Å². The van der Waals surface area contributed by atoms with Crippen LogP contribution in [0.5, 0.6) is 0 Å². The van der Waals surface area contributed by atoms with Gasteiger partial charge in [-0.15, -0.1) is 0 Å². The fourth-order valence-corrected chi connectivity index (χ4v) is 2.23. The third-order valence-electron chi connectivity index (χ3n) is 3.42. The second-order valence-corrected chi connectivity index (χ2v) is 5.40. The van der Waals surface area contributed by atoms with E-state index in [4.69, 9.17) is 10.9 Å². The molecule has 2 rings (SSSR count). The van der Waals surface area contributed by atoms with Gasteiger partial charge in [-0.2, -0.15) is 13.2 Å². The fraction of sp³-hybridized carbons (Fsp3) is 0.0556. The number of hydrogen-bond acceptors (Lipinski definition) is 4. The standard InChI is InChI=1S/C18H15F3N4O3/c19-18(20,21)15-9-14(6-4-11(15)5-7-16(26)27)25-17(28)12-2-1-3-13(8-12)23-10-24-22/h1-10H,22H2,(H,23,24)(H,25,28)(H,26,27). The van der Waals surface area contributed by atoms with Crippen molar-refractivity contribution in [1.29, 1.82) is 0 Å². The van der Waals surface area contributed by atoms with Gasteiger partial charge in [-0.3, -0.25) is 4.79 Å². The zero-order valence-electron chi connectivity index (χ0n) is 14.2. The lowest BCUT2D eigenvalue weighted by atomic mass is 10.0. The van der Waals surface area contributed by atoms with Gasteiger partial charge in [0.2, 0.25) is 0 Å². The van der Waals surface area contributed by atoms with Crippen molar-refractivity contribution in [2.24, 2.45) is 10.8 Å². The summed E-state index contributed by atoms with van der Waals surface area (Å²) in [5.41, 5.74) is 1.29. The van der Waals surface area contributed by atoms with Crippen molar-refractivity contribution < 1.29 is 27.9 Å². The lowest BCUT2D eigenvalue weighted by molar-refractivity contribution is -0.137. The maximum absolute atomic E-state index is 13.3. The van der Waals surface area contributed by atoms with Crippen LogP contribution in [0.2, 0.25) is 0 Å². The number of halogens is 3. The molecule has 0 bridgehead atoms. The summed E-state index contributed by atoms with van der Waals surface area (Å²) in [5, 5.41) is 11.0. The first kappa shape index (κ1) is 20.6. The zero-order valence-corrected chi connectivity index (χ0v) is 14.2. The van der Waals surface area contributed by atoms with Gasteiger partial charge >= 0.3 is 12.1 Å². The van der Waals surface area contributed by atoms with Crippen LogP contribution in [0.3, 0.4) is 0 Å². The second kappa shape index (κ2) is 8.82. The van der Waals surface area contributed by atoms with Crippen LogP contribution in [-0.2, 0) is 11.0 Å². The molecular formula is C18H15F3N4O3. The number of alkyl halides is 3. The predicted molar refractivity (Wildman–Crippen MR) is 98.0 cm³/mol. The third-order valence-corrected chi connectivity index (χ3v) is 3.42. The molecule has 0 fully saturated rings. The van der Waals surface area contributed by atoms with Gasteiger partial charge in [0.15, 0.2) is 0 Å². The Hall–Kier alpha value is -3.66. The Balaban J connectivity index is 2.30. The Bertz CT molecular complexity index is 940. The van der Waals surface area contributed by atoms with Crippen LogP contribution < -0.4 is 16.6 Å². The summed E-state index contributed by atoms with van der Waals surface area (Å²) >= 11 is 0. The van der Waals surface area contributed by atoms with Crippen LogP contribution in [0.15, 0.2) is 53.5 Å². The van der Waals surface area contributed by atoms with E-state index >= 15 is 0 Å². The first-order chi connectivity index (χ1) is 13.2. The Morgan fingerprint density at radius 1 is 1.14 bits per heavy atom. The Morgan fingerprint density at radius 2 is 1.89 bits per heavy atom. The topological polar surface area (TPSA) is 117 Å². The largest absolute Gasteiger partial charge is 0.478 e. The average molecular weight is 392 g/mol. The van der Waals surface area contributed by atoms with Gasteiger partial charge < -0.3 is 15.8 Å². The van der Waals surface area contributed by atoms with Gasteiger partial charge in [0.1, 0.15) is 6.34 Å². The van der Waals surface area contributed by atoms with Crippen LogP contribution in [0.1, 0.15) is 21.5 Å². The summed E-state index contributed by atoms with van der Waals surface area (Å²) in [5.74, 6) is 3.05. The number of carbonyl (C=O) groups excluding carboxylic acids is 1. The molecule has 0 unspecified atom stereocenters. The van der Waals surface area contributed by atoms with E-state index in [1.165, 1.54) is 24.5 Å². The molecule has 5 N–H and O–H groups in total. The van der Waals surface area contributed by atoms with Crippen molar-refractivity contribution >= 4 is 35.7 Å². The molecule has 10 heteroatoms. The maximum Gasteiger partial charge on any atom is 0.417 e. The van der Waals surface area contributed by atoms with Crippen molar-refractivity contribution in [2.45, 2.75) is 6.18 Å². The smallest absolute Gasteiger partial charge is 0.417 e. The molecule has 0 saturated carbocycles. The van der Waals surface area contributed by atoms with Crippen molar-refractivity contribution in [3.05, 3.63) is 65.2 Å². The number of carboxylic acids is 1. The van der Waals surface area contributed by atoms with Crippen molar-refractivity contribution in [2.75, 3.05) is 5.32 Å². The highest BCUT2D eigenvalue weighted by Gasteiger charge is 2.33. The SMILES string of the molecule is NNC=Nc1cccc(C(=O)Nc2ccc(C=CC(=O)O)c(C(F)(F)F)c2)c1. The third kappa shape index (κ3) is 5.68. The number of amides is 1. The van der Waals surface area contributed by atoms with Gasteiger partial charge in [-0.05, 0) is 42.0 Å². The molecule has 28 heavy (non-hydrogen) atoms. The van der Waals surface area contributed by atoms with Gasteiger partial charge in [0.25, 0.3) is 5.91 Å². The van der Waals surface area contributed by atoms with E-state index in [1.54, 1.807) is 12.1 Å². The van der Waals surface area contributed by atoms with E-state index in [0.717, 1.165) is 18.2 Å². The average Bonchev–Trinajstić information content (AvgIpc) is 2.64. The number of nitrogens with two attached hydrogens (primary N) is 1. The van der Waals surface area contributed by atoms with Crippen LogP contribution in [-0.4, -0.2) is 23.3 Å². The number of hydrogen-bond donors (Lipinski definition) is 4. The van der Waals surface area contributed by atoms with E-state index in [1.807, 2.05) is 0 Å². The Labute approximate surface area is 157 Å². The van der Waals surface area contributed by atoms with E-state index < -0.39 is 23.6 Å². The van der Waals surface area contributed by atoms with Gasteiger partial charge in [-0.1, -0.05) is 12.1 Å². The summed E-state index contributed by atoms with van der Waals surface area (Å²) in [4.78, 5) is 26.8. The first-order valence-electron chi connectivity index (χ1n) is 7.73. The zero-order chi connectivity index (χ0) is 20.7. The van der Waals surface area contributed by atoms with Gasteiger partial charge in [0, 0.05) is 17.3 Å². The minimum atomic E-state index is -4.73. The Morgan fingerprint density at radius 3 is 2.54 bits per heavy atom. The molecule has 2 aromatic rings. The van der Waals surface area contributed by atoms with E-state index in [-0.39, 0.29) is 16.8 Å². The van der Waals surface area contributed by atoms with Crippen LogP contribution in [0, 0.1) is 0 Å². The molecule has 0 spiro atoms. The number of aliphatic imine (C=N–C) groups is 1. The van der Waals surface area contributed by atoms with Crippen LogP contribution in [0.4, 0.5) is 24.5 Å². The summed E-state index contributed by atoms with van der Waals surface area (Å²) < 4.78 is 39.8. The van der Waals surface area contributed by atoms with Crippen molar-refractivity contribution in [1.82, 2.24) is 5.43 Å². The number of rotatable bonds is 6. The summed E-state index contributed by atoms with van der Waals surface area (Å²) in [6.07, 6.45) is -2.09. The predicted octanol–water partition coefficient (Wildman–Crippen LogP) is 3.18. The number of carbonyl (C=O) groups is 2. The number of benzene rings is 2. The molecule has 0 radical (unpaired) electrons. The highest BCUT2D eigenvalue weighted by Crippen LogP contribution is 2.34. The highest BCUT2D eigenvalue weighted by atomic mass is 19.4. The molecule has 0 atom stereocenters. The summed E-state index contributed by atoms with van der Waals surface area (Å²) in [7, 11) is 0. The molecule has 7 nitrogen and oxygen atoms in total. The normalized spacial score (nSPS) is 11.7. The molecular weight excluding hydrogens is 377 g/mol. The number of aliphatic carboxylic acids is 1. The van der Waals surface area contributed by atoms with E-state index in [9.17, 15) is 22.8 Å². The first-order valence-corrected chi connectivity index (χ1v) is 7.73. The highest BCUT2D eigenvalue weighted by molar-refractivity contribution is 6.05. The van der Waals surface area contributed by atoms with E-state index in [2.05, 4.69) is 15.7 Å². The molecule has 0 aliphatic heterocycles. The maximum atomic E-state index is 13.3. The second-order valence-electron chi connectivity index (χ2n) is 5.40. The van der Waals surface area contributed by atoms with Crippen LogP contribution in [0.25, 0.3) is 6.08 Å². The fourth-order valence-electron chi connectivity index (χ4n) is 2.23. The monoisotopic (exact) mass is 392 g/mol. The molecule has 0 saturated heterocycles. The lowest BCUT2D eigenvalue weighted by Gasteiger charge is -2.13. The number of carboxylic acid groups (broad SMARTS) is 1. The van der Waals surface area contributed by atoms with Crippen molar-refractivity contribution in [3.8, 4) is 0 Å². The van der Waals surface area contributed by atoms with Gasteiger partial charge in [-0.25, -0.2) is 15.6 Å². The molecule has 0 aliphatic rings. The molecule has 0 aliphatic carbocycles. The molecule has 1 amide bonds. The Kier molecular flexibility index (Phi) is 6.51. The van der Waals surface area contributed by atoms with Crippen LogP contribution >= 0.6 is 0 Å². The van der Waals surface area contributed by atoms with Crippen molar-refractivity contribution in [3.63, 3.8) is 0 Å². The molecule has 2 aromatic carbocycles. The number of nitrogens with zero attached hydrogens (tertiary/aromatic N) is 1. The molecule has 0 aromatic heterocycles. The number of anilines is 1. The van der Waals surface area contributed by atoms with E-state index in [0.29, 0.717) is 11.8 Å².